The van der Waals surface area contributed by atoms with E-state index in [1.165, 1.54) is 6.07 Å². The zero-order valence-electron chi connectivity index (χ0n) is 27.0. The molecule has 1 atom stereocenters. The van der Waals surface area contributed by atoms with Crippen LogP contribution in [-0.4, -0.2) is 77.9 Å². The Morgan fingerprint density at radius 3 is 2.27 bits per heavy atom. The van der Waals surface area contributed by atoms with Gasteiger partial charge in [-0.25, -0.2) is 4.79 Å². The maximum Gasteiger partial charge on any atom is 0.418 e. The van der Waals surface area contributed by atoms with Crippen LogP contribution in [0.3, 0.4) is 0 Å². The second-order valence-electron chi connectivity index (χ2n) is 13.7. The van der Waals surface area contributed by atoms with E-state index < -0.39 is 23.3 Å². The molecule has 0 saturated carbocycles. The van der Waals surface area contributed by atoms with E-state index in [2.05, 4.69) is 10.6 Å². The van der Waals surface area contributed by atoms with Gasteiger partial charge >= 0.3 is 12.2 Å². The van der Waals surface area contributed by atoms with Crippen molar-refractivity contribution in [1.29, 1.82) is 0 Å². The molecule has 0 spiro atoms. The molecule has 260 valence electrons. The minimum absolute atomic E-state index is 0.0428. The molecule has 4 N–H and O–H groups in total. The number of nitrogens with one attached hydrogen (secondary N) is 2. The maximum absolute atomic E-state index is 14.0. The van der Waals surface area contributed by atoms with E-state index in [9.17, 15) is 27.6 Å². The highest BCUT2D eigenvalue weighted by atomic mass is 35.5. The normalized spacial score (nSPS) is 20.8. The Morgan fingerprint density at radius 1 is 0.938 bits per heavy atom. The fourth-order valence-corrected chi connectivity index (χ4v) is 8.25. The maximum atomic E-state index is 14.0. The molecule has 48 heavy (non-hydrogen) atoms. The molecule has 4 heterocycles. The first kappa shape index (κ1) is 34.4. The van der Waals surface area contributed by atoms with Crippen molar-refractivity contribution < 1.29 is 27.6 Å². The van der Waals surface area contributed by atoms with Crippen LogP contribution < -0.4 is 16.4 Å². The Morgan fingerprint density at radius 2 is 1.58 bits per heavy atom. The van der Waals surface area contributed by atoms with Crippen LogP contribution in [0, 0.1) is 17.8 Å². The number of amides is 4. The number of carbonyl (C=O) groups is 3. The third kappa shape index (κ3) is 7.70. The smallest absolute Gasteiger partial charge is 0.397 e. The van der Waals surface area contributed by atoms with Gasteiger partial charge in [-0.1, -0.05) is 29.8 Å². The number of benzene rings is 2. The van der Waals surface area contributed by atoms with Crippen LogP contribution in [0.1, 0.15) is 61.6 Å². The summed E-state index contributed by atoms with van der Waals surface area (Å²) < 4.78 is 41.4. The molecular weight excluding hydrogens is 645 g/mol. The number of hydrogen-bond donors (Lipinski definition) is 3. The summed E-state index contributed by atoms with van der Waals surface area (Å²) in [7, 11) is 0. The van der Waals surface area contributed by atoms with Crippen molar-refractivity contribution in [1.82, 2.24) is 20.0 Å². The third-order valence-corrected chi connectivity index (χ3v) is 11.1. The Hall–Kier alpha value is -3.51. The van der Waals surface area contributed by atoms with E-state index in [4.69, 9.17) is 17.3 Å². The van der Waals surface area contributed by atoms with Crippen molar-refractivity contribution in [2.24, 2.45) is 17.8 Å². The second kappa shape index (κ2) is 14.5. The molecule has 13 heteroatoms. The molecule has 4 amide bonds. The second-order valence-corrected chi connectivity index (χ2v) is 14.1. The van der Waals surface area contributed by atoms with Gasteiger partial charge in [0.1, 0.15) is 0 Å². The summed E-state index contributed by atoms with van der Waals surface area (Å²) in [5, 5.41) is 6.12. The van der Waals surface area contributed by atoms with Crippen LogP contribution in [0.15, 0.2) is 36.4 Å². The molecule has 0 bridgehead atoms. The lowest BCUT2D eigenvalue weighted by Gasteiger charge is -2.41. The van der Waals surface area contributed by atoms with E-state index in [-0.39, 0.29) is 47.3 Å². The summed E-state index contributed by atoms with van der Waals surface area (Å²) in [5.41, 5.74) is 6.13. The van der Waals surface area contributed by atoms with Gasteiger partial charge in [0, 0.05) is 50.9 Å². The van der Waals surface area contributed by atoms with Crippen LogP contribution in [0.4, 0.5) is 29.3 Å². The first-order chi connectivity index (χ1) is 23.0. The van der Waals surface area contributed by atoms with Crippen molar-refractivity contribution in [3.63, 3.8) is 0 Å². The summed E-state index contributed by atoms with van der Waals surface area (Å²) in [6, 6.07) is 9.79. The number of urea groups is 1. The highest BCUT2D eigenvalue weighted by molar-refractivity contribution is 6.33. The lowest BCUT2D eigenvalue weighted by molar-refractivity contribution is -0.143. The number of nitrogens with zero attached hydrogens (tertiary/aromatic N) is 3. The highest BCUT2D eigenvalue weighted by Gasteiger charge is 2.38. The van der Waals surface area contributed by atoms with Crippen LogP contribution in [0.2, 0.25) is 5.02 Å². The Balaban J connectivity index is 1.13. The topological polar surface area (TPSA) is 111 Å². The van der Waals surface area contributed by atoms with Crippen molar-refractivity contribution in [3.05, 3.63) is 58.1 Å². The van der Waals surface area contributed by atoms with Gasteiger partial charge in [-0.15, -0.1) is 0 Å². The zero-order valence-corrected chi connectivity index (χ0v) is 27.8. The summed E-state index contributed by atoms with van der Waals surface area (Å²) in [4.78, 5) is 46.0. The number of likely N-dealkylation sites (tertiary alicyclic amines) is 2. The molecule has 4 aliphatic rings. The molecule has 0 aromatic heterocycles. The van der Waals surface area contributed by atoms with E-state index in [1.54, 1.807) is 9.80 Å². The quantitative estimate of drug-likeness (QED) is 0.320. The number of piperidine rings is 3. The number of anilines is 2. The molecule has 4 aliphatic heterocycles. The number of hydrogen-bond acceptors (Lipinski definition) is 5. The van der Waals surface area contributed by atoms with Gasteiger partial charge in [-0.2, -0.15) is 13.2 Å². The van der Waals surface area contributed by atoms with Crippen molar-refractivity contribution in [2.45, 2.75) is 70.1 Å². The number of para-hydroxylation sites is 1. The SMILES string of the molecule is Nc1c(Cl)cc(C[C@@H](CC(=O)N2CCC(N3Cc4ccccc4NC3=O)CC2)C(=O)N2CCC(C3CCNCC3)CC2)cc1C(F)(F)F. The minimum Gasteiger partial charge on any atom is -0.397 e. The van der Waals surface area contributed by atoms with Gasteiger partial charge < -0.3 is 31.1 Å². The predicted molar refractivity (Wildman–Crippen MR) is 178 cm³/mol. The molecule has 0 radical (unpaired) electrons. The van der Waals surface area contributed by atoms with Crippen molar-refractivity contribution in [2.75, 3.05) is 50.3 Å². The van der Waals surface area contributed by atoms with Gasteiger partial charge in [-0.3, -0.25) is 9.59 Å². The van der Waals surface area contributed by atoms with Crippen molar-refractivity contribution >= 4 is 40.8 Å². The van der Waals surface area contributed by atoms with Crippen LogP contribution in [-0.2, 0) is 28.7 Å². The van der Waals surface area contributed by atoms with Gasteiger partial charge in [0.25, 0.3) is 0 Å². The van der Waals surface area contributed by atoms with E-state index in [0.717, 1.165) is 56.1 Å². The van der Waals surface area contributed by atoms with Gasteiger partial charge in [0.05, 0.1) is 22.2 Å². The average molecular weight is 689 g/mol. The molecule has 9 nitrogen and oxygen atoms in total. The Labute approximate surface area is 284 Å². The highest BCUT2D eigenvalue weighted by Crippen LogP contribution is 2.39. The summed E-state index contributed by atoms with van der Waals surface area (Å²) in [5.74, 6) is -0.115. The molecule has 0 unspecified atom stereocenters. The summed E-state index contributed by atoms with van der Waals surface area (Å²) in [6.07, 6.45) is 0.288. The van der Waals surface area contributed by atoms with Gasteiger partial charge in [-0.05, 0) is 99.2 Å². The standard InChI is InChI=1S/C35H44ClF3N6O3/c36-29-19-22(18-28(32(29)40)35(37,38)39)17-26(33(47)44-13-7-24(8-14-44)23-5-11-41-12-6-23)20-31(46)43-15-9-27(10-16-43)45-21-25-3-1-2-4-30(25)42-34(45)48/h1-4,18-19,23-24,26-27,41H,5-17,20-21,40H2,(H,42,48)/t26-/m0/s1. The number of nitrogen functional groups attached to an aromatic ring is 1. The molecule has 3 saturated heterocycles. The van der Waals surface area contributed by atoms with Gasteiger partial charge in [0.15, 0.2) is 0 Å². The van der Waals surface area contributed by atoms with Crippen molar-refractivity contribution in [3.8, 4) is 0 Å². The third-order valence-electron chi connectivity index (χ3n) is 10.8. The van der Waals surface area contributed by atoms with E-state index >= 15 is 0 Å². The van der Waals surface area contributed by atoms with E-state index in [0.29, 0.717) is 57.4 Å². The monoisotopic (exact) mass is 688 g/mol. The molecule has 6 rings (SSSR count). The first-order valence-electron chi connectivity index (χ1n) is 17.1. The van der Waals surface area contributed by atoms with Crippen LogP contribution >= 0.6 is 11.6 Å². The van der Waals surface area contributed by atoms with E-state index in [1.807, 2.05) is 29.2 Å². The zero-order chi connectivity index (χ0) is 34.0. The van der Waals surface area contributed by atoms with Crippen LogP contribution in [0.25, 0.3) is 0 Å². The molecule has 3 fully saturated rings. The fourth-order valence-electron chi connectivity index (χ4n) is 8.01. The molecule has 2 aromatic rings. The fraction of sp³-hybridized carbons (Fsp3) is 0.571. The Kier molecular flexibility index (Phi) is 10.4. The lowest BCUT2D eigenvalue weighted by Crippen LogP contribution is -2.51. The summed E-state index contributed by atoms with van der Waals surface area (Å²) in [6.45, 7) is 4.49. The average Bonchev–Trinajstić information content (AvgIpc) is 3.09. The number of carbonyl (C=O) groups excluding carboxylic acids is 3. The number of rotatable bonds is 7. The summed E-state index contributed by atoms with van der Waals surface area (Å²) >= 11 is 6.14. The molecular formula is C35H44ClF3N6O3. The van der Waals surface area contributed by atoms with Crippen LogP contribution in [0.5, 0.6) is 0 Å². The number of halogens is 4. The number of fused-ring (bicyclic) bond motifs is 1. The lowest BCUT2D eigenvalue weighted by atomic mass is 9.79. The first-order valence-corrected chi connectivity index (χ1v) is 17.4. The Bertz CT molecular complexity index is 1500. The van der Waals surface area contributed by atoms with Gasteiger partial charge in [0.2, 0.25) is 11.8 Å². The minimum atomic E-state index is -4.72. The number of alkyl halides is 3. The largest absolute Gasteiger partial charge is 0.418 e. The number of nitrogens with two attached hydrogens (primary N) is 1. The molecule has 0 aliphatic carbocycles. The predicted octanol–water partition coefficient (Wildman–Crippen LogP) is 5.77. The molecule has 2 aromatic carbocycles.